The van der Waals surface area contributed by atoms with Crippen molar-refractivity contribution in [3.8, 4) is 0 Å². The highest BCUT2D eigenvalue weighted by molar-refractivity contribution is 6.05. The normalized spacial score (nSPS) is 13.4. The Morgan fingerprint density at radius 3 is 2.52 bits per heavy atom. The van der Waals surface area contributed by atoms with Crippen LogP contribution < -0.4 is 5.32 Å². The van der Waals surface area contributed by atoms with Gasteiger partial charge in [0.1, 0.15) is 5.52 Å². The highest BCUT2D eigenvalue weighted by Gasteiger charge is 2.28. The van der Waals surface area contributed by atoms with Gasteiger partial charge < -0.3 is 10.4 Å². The number of benzene rings is 2. The summed E-state index contributed by atoms with van der Waals surface area (Å²) in [7, 11) is 1.75. The predicted molar refractivity (Wildman–Crippen MR) is 92.0 cm³/mol. The first-order chi connectivity index (χ1) is 12.0. The third-order valence-electron chi connectivity index (χ3n) is 4.22. The van der Waals surface area contributed by atoms with Gasteiger partial charge in [0.15, 0.2) is 0 Å². The summed E-state index contributed by atoms with van der Waals surface area (Å²) in [5.74, 6) is -2.15. The number of rotatable bonds is 5. The largest absolute Gasteiger partial charge is 0.481 e. The minimum atomic E-state index is -0.980. The fourth-order valence-electron chi connectivity index (χ4n) is 2.76. The third kappa shape index (κ3) is 3.21. The quantitative estimate of drug-likeness (QED) is 0.743. The average Bonchev–Trinajstić information content (AvgIpc) is 3.01. The number of aromatic nitrogens is 3. The van der Waals surface area contributed by atoms with E-state index in [9.17, 15) is 14.7 Å². The number of amides is 1. The predicted octanol–water partition coefficient (Wildman–Crippen LogP) is 2.16. The van der Waals surface area contributed by atoms with Crippen LogP contribution in [-0.2, 0) is 11.8 Å². The molecule has 1 amide bonds. The van der Waals surface area contributed by atoms with Crippen molar-refractivity contribution in [1.82, 2.24) is 20.3 Å². The Balaban J connectivity index is 1.96. The molecule has 3 aromatic rings. The molecule has 0 bridgehead atoms. The summed E-state index contributed by atoms with van der Waals surface area (Å²) >= 11 is 0. The first-order valence-corrected chi connectivity index (χ1v) is 7.86. The van der Waals surface area contributed by atoms with E-state index in [0.717, 1.165) is 11.1 Å². The van der Waals surface area contributed by atoms with Gasteiger partial charge in [-0.1, -0.05) is 41.6 Å². The molecule has 0 aliphatic heterocycles. The van der Waals surface area contributed by atoms with Gasteiger partial charge in [-0.05, 0) is 24.6 Å². The van der Waals surface area contributed by atoms with Crippen LogP contribution in [0.15, 0.2) is 48.5 Å². The van der Waals surface area contributed by atoms with Crippen molar-refractivity contribution < 1.29 is 14.7 Å². The van der Waals surface area contributed by atoms with E-state index >= 15 is 0 Å². The minimum Gasteiger partial charge on any atom is -0.481 e. The summed E-state index contributed by atoms with van der Waals surface area (Å²) in [6, 6.07) is 13.6. The number of fused-ring (bicyclic) bond motifs is 1. The first kappa shape index (κ1) is 16.6. The zero-order valence-corrected chi connectivity index (χ0v) is 13.9. The molecule has 2 aromatic carbocycles. The Morgan fingerprint density at radius 2 is 1.84 bits per heavy atom. The second-order valence-electron chi connectivity index (χ2n) is 5.88. The van der Waals surface area contributed by atoms with Crippen molar-refractivity contribution in [3.05, 3.63) is 59.7 Å². The van der Waals surface area contributed by atoms with E-state index in [-0.39, 0.29) is 5.91 Å². The molecular weight excluding hydrogens is 320 g/mol. The number of carbonyl (C=O) groups is 2. The van der Waals surface area contributed by atoms with E-state index in [4.69, 9.17) is 0 Å². The van der Waals surface area contributed by atoms with Crippen LogP contribution in [0.4, 0.5) is 0 Å². The van der Waals surface area contributed by atoms with Crippen LogP contribution in [0.3, 0.4) is 0 Å². The fourth-order valence-corrected chi connectivity index (χ4v) is 2.76. The Morgan fingerprint density at radius 1 is 1.12 bits per heavy atom. The Bertz CT molecular complexity index is 920. The third-order valence-corrected chi connectivity index (χ3v) is 4.22. The van der Waals surface area contributed by atoms with Crippen LogP contribution in [0.1, 0.15) is 28.9 Å². The standard InChI is InChI=1S/C18H18N4O3/c1-11(18(24)25)15(12-7-4-3-5-8-12)19-17(23)13-9-6-10-14-16(13)20-21-22(14)2/h3-11,15H,1-2H3,(H,19,23)(H,24,25). The van der Waals surface area contributed by atoms with Gasteiger partial charge in [-0.25, -0.2) is 4.68 Å². The van der Waals surface area contributed by atoms with Gasteiger partial charge in [0.25, 0.3) is 5.91 Å². The maximum Gasteiger partial charge on any atom is 0.308 e. The Kier molecular flexibility index (Phi) is 4.47. The lowest BCUT2D eigenvalue weighted by Gasteiger charge is -2.23. The molecule has 2 unspecified atom stereocenters. The van der Waals surface area contributed by atoms with Gasteiger partial charge >= 0.3 is 5.97 Å². The number of nitrogens with one attached hydrogen (secondary N) is 1. The molecule has 0 aliphatic carbocycles. The van der Waals surface area contributed by atoms with Crippen LogP contribution in [0.25, 0.3) is 11.0 Å². The Labute approximate surface area is 144 Å². The molecule has 0 saturated carbocycles. The molecule has 0 aliphatic rings. The molecule has 128 valence electrons. The van der Waals surface area contributed by atoms with Crippen LogP contribution in [0.5, 0.6) is 0 Å². The lowest BCUT2D eigenvalue weighted by atomic mass is 9.94. The Hall–Kier alpha value is -3.22. The summed E-state index contributed by atoms with van der Waals surface area (Å²) in [4.78, 5) is 24.3. The van der Waals surface area contributed by atoms with E-state index in [1.54, 1.807) is 42.9 Å². The van der Waals surface area contributed by atoms with E-state index in [2.05, 4.69) is 15.6 Å². The second kappa shape index (κ2) is 6.72. The second-order valence-corrected chi connectivity index (χ2v) is 5.88. The lowest BCUT2D eigenvalue weighted by Crippen LogP contribution is -2.35. The number of aliphatic carboxylic acids is 1. The monoisotopic (exact) mass is 338 g/mol. The number of carbonyl (C=O) groups excluding carboxylic acids is 1. The van der Waals surface area contributed by atoms with Crippen LogP contribution >= 0.6 is 0 Å². The highest BCUT2D eigenvalue weighted by atomic mass is 16.4. The smallest absolute Gasteiger partial charge is 0.308 e. The van der Waals surface area contributed by atoms with Gasteiger partial charge in [-0.15, -0.1) is 5.10 Å². The van der Waals surface area contributed by atoms with Crippen molar-refractivity contribution in [2.45, 2.75) is 13.0 Å². The first-order valence-electron chi connectivity index (χ1n) is 7.86. The molecule has 3 rings (SSSR count). The summed E-state index contributed by atoms with van der Waals surface area (Å²) in [5.41, 5.74) is 2.31. The molecule has 0 spiro atoms. The van der Waals surface area contributed by atoms with Crippen LogP contribution in [0, 0.1) is 5.92 Å². The number of aryl methyl sites for hydroxylation is 1. The minimum absolute atomic E-state index is 0.365. The summed E-state index contributed by atoms with van der Waals surface area (Å²) in [6.07, 6.45) is 0. The van der Waals surface area contributed by atoms with Gasteiger partial charge in [0.2, 0.25) is 0 Å². The topological polar surface area (TPSA) is 97.1 Å². The lowest BCUT2D eigenvalue weighted by molar-refractivity contribution is -0.142. The molecular formula is C18H18N4O3. The van der Waals surface area contributed by atoms with Crippen molar-refractivity contribution in [2.75, 3.05) is 0 Å². The number of hydrogen-bond donors (Lipinski definition) is 2. The molecule has 2 atom stereocenters. The van der Waals surface area contributed by atoms with Crippen molar-refractivity contribution in [3.63, 3.8) is 0 Å². The number of hydrogen-bond acceptors (Lipinski definition) is 4. The molecule has 1 heterocycles. The number of carboxylic acid groups (broad SMARTS) is 1. The molecule has 0 fully saturated rings. The van der Waals surface area contributed by atoms with Crippen molar-refractivity contribution >= 4 is 22.9 Å². The maximum atomic E-state index is 12.8. The van der Waals surface area contributed by atoms with E-state index in [1.165, 1.54) is 0 Å². The maximum absolute atomic E-state index is 12.8. The molecule has 7 heteroatoms. The van der Waals surface area contributed by atoms with Crippen molar-refractivity contribution in [1.29, 1.82) is 0 Å². The molecule has 0 saturated heterocycles. The van der Waals surface area contributed by atoms with Crippen LogP contribution in [-0.4, -0.2) is 32.0 Å². The molecule has 7 nitrogen and oxygen atoms in total. The van der Waals surface area contributed by atoms with E-state index < -0.39 is 17.9 Å². The SMILES string of the molecule is CC(C(=O)O)C(NC(=O)c1cccc2c1nnn2C)c1ccccc1. The van der Waals surface area contributed by atoms with Crippen molar-refractivity contribution in [2.24, 2.45) is 13.0 Å². The van der Waals surface area contributed by atoms with Gasteiger partial charge in [0, 0.05) is 7.05 Å². The fraction of sp³-hybridized carbons (Fsp3) is 0.222. The molecule has 1 aromatic heterocycles. The molecule has 2 N–H and O–H groups in total. The zero-order valence-electron chi connectivity index (χ0n) is 13.9. The highest BCUT2D eigenvalue weighted by Crippen LogP contribution is 2.24. The molecule has 25 heavy (non-hydrogen) atoms. The van der Waals surface area contributed by atoms with E-state index in [1.807, 2.05) is 24.3 Å². The number of carboxylic acids is 1. The summed E-state index contributed by atoms with van der Waals surface area (Å²) < 4.78 is 1.58. The van der Waals surface area contributed by atoms with E-state index in [0.29, 0.717) is 11.1 Å². The average molecular weight is 338 g/mol. The molecule has 0 radical (unpaired) electrons. The van der Waals surface area contributed by atoms with Gasteiger partial charge in [-0.2, -0.15) is 0 Å². The zero-order chi connectivity index (χ0) is 18.0. The number of nitrogens with zero attached hydrogens (tertiary/aromatic N) is 3. The van der Waals surface area contributed by atoms with Gasteiger partial charge in [0.05, 0.1) is 23.0 Å². The summed E-state index contributed by atoms with van der Waals surface area (Å²) in [6.45, 7) is 1.57. The van der Waals surface area contributed by atoms with Gasteiger partial charge in [-0.3, -0.25) is 9.59 Å². The van der Waals surface area contributed by atoms with Crippen LogP contribution in [0.2, 0.25) is 0 Å². The summed E-state index contributed by atoms with van der Waals surface area (Å²) in [5, 5.41) is 20.2.